The van der Waals surface area contributed by atoms with Gasteiger partial charge in [0.25, 0.3) is 23.6 Å². The van der Waals surface area contributed by atoms with E-state index in [0.717, 1.165) is 85.1 Å². The fraction of sp³-hybridized carbons (Fsp3) is 0.400. The molecule has 0 spiro atoms. The number of nitrogens with one attached hydrogen (secondary N) is 3. The molecule has 7 aliphatic heterocycles. The highest BCUT2D eigenvalue weighted by molar-refractivity contribution is 6.23. The van der Waals surface area contributed by atoms with Crippen molar-refractivity contribution in [2.45, 2.75) is 69.4 Å². The molecule has 0 aliphatic carbocycles. The van der Waals surface area contributed by atoms with Gasteiger partial charge in [0.05, 0.1) is 29.9 Å². The summed E-state index contributed by atoms with van der Waals surface area (Å²) in [6.07, 6.45) is 2.74. The molecule has 314 valence electrons. The van der Waals surface area contributed by atoms with E-state index in [-0.39, 0.29) is 24.7 Å². The standard InChI is InChI=1S/C45H47N9O7/c1-61-39(27-5-3-2-4-6-27)45(60)52-24-35-36(25-52)48-49-40(35)47-41(56)28-7-9-29(10-8-28)51-17-15-26(16-18-51)21-50-22-31-19-32(23-50)53(31)30-11-12-33-34(20-30)44(59)54(43(33)58)37-13-14-38(55)46-42(37)57/h2-12,20,26,31-32,37,39H,13-19,21-25H2,1H3,(H,46,55,57)(H2,47,48,49,56). The number of fused-ring (bicyclic) bond motifs is 4. The summed E-state index contributed by atoms with van der Waals surface area (Å²) in [5.74, 6) is -1.38. The number of aromatic nitrogens is 2. The van der Waals surface area contributed by atoms with Crippen molar-refractivity contribution >= 4 is 52.6 Å². The minimum absolute atomic E-state index is 0.0907. The third-order valence-electron chi connectivity index (χ3n) is 13.4. The second-order valence-corrected chi connectivity index (χ2v) is 17.0. The van der Waals surface area contributed by atoms with Gasteiger partial charge >= 0.3 is 0 Å². The van der Waals surface area contributed by atoms with Crippen LogP contribution in [-0.4, -0.2) is 118 Å². The summed E-state index contributed by atoms with van der Waals surface area (Å²) >= 11 is 0. The zero-order valence-corrected chi connectivity index (χ0v) is 33.8. The Labute approximate surface area is 352 Å². The monoisotopic (exact) mass is 825 g/mol. The van der Waals surface area contributed by atoms with Crippen LogP contribution < -0.4 is 20.4 Å². The molecule has 11 rings (SSSR count). The topological polar surface area (TPSA) is 181 Å². The minimum atomic E-state index is -0.975. The third kappa shape index (κ3) is 7.02. The molecule has 16 nitrogen and oxygen atoms in total. The molecule has 4 atom stereocenters. The third-order valence-corrected chi connectivity index (χ3v) is 13.4. The van der Waals surface area contributed by atoms with Gasteiger partial charge in [-0.25, -0.2) is 0 Å². The number of benzene rings is 3. The molecule has 4 unspecified atom stereocenters. The molecule has 0 radical (unpaired) electrons. The maximum absolute atomic E-state index is 13.4. The SMILES string of the molecule is COC(C(=O)N1Cc2[nH]nc(NC(=O)c3ccc(N4CCC(CN5CC6CC(C5)N6c5ccc6c(c5)C(=O)N(C5CCC(=O)NC5=O)C6=O)CC4)cc3)c2C1)c1ccccc1. The molecule has 1 aromatic heterocycles. The van der Waals surface area contributed by atoms with Gasteiger partial charge in [0.2, 0.25) is 11.8 Å². The van der Waals surface area contributed by atoms with Crippen LogP contribution in [0.5, 0.6) is 0 Å². The summed E-state index contributed by atoms with van der Waals surface area (Å²) in [6.45, 7) is 5.45. The van der Waals surface area contributed by atoms with Gasteiger partial charge in [0.15, 0.2) is 11.9 Å². The van der Waals surface area contributed by atoms with Crippen molar-refractivity contribution in [3.05, 3.63) is 106 Å². The summed E-state index contributed by atoms with van der Waals surface area (Å²) < 4.78 is 5.56. The quantitative estimate of drug-likeness (QED) is 0.199. The van der Waals surface area contributed by atoms with Crippen LogP contribution in [0.3, 0.4) is 0 Å². The summed E-state index contributed by atoms with van der Waals surface area (Å²) in [5, 5.41) is 12.5. The number of hydrogen-bond donors (Lipinski definition) is 3. The van der Waals surface area contributed by atoms with E-state index in [0.29, 0.717) is 53.6 Å². The fourth-order valence-electron chi connectivity index (χ4n) is 10.2. The highest BCUT2D eigenvalue weighted by Crippen LogP contribution is 2.40. The predicted molar refractivity (Wildman–Crippen MR) is 223 cm³/mol. The van der Waals surface area contributed by atoms with Gasteiger partial charge in [-0.05, 0) is 79.6 Å². The van der Waals surface area contributed by atoms with Gasteiger partial charge in [-0.1, -0.05) is 30.3 Å². The van der Waals surface area contributed by atoms with Crippen LogP contribution in [0.2, 0.25) is 0 Å². The van der Waals surface area contributed by atoms with Gasteiger partial charge < -0.3 is 24.8 Å². The summed E-state index contributed by atoms with van der Waals surface area (Å²) in [4.78, 5) is 87.5. The van der Waals surface area contributed by atoms with Crippen LogP contribution in [-0.2, 0) is 32.2 Å². The number of piperazine rings is 1. The zero-order valence-electron chi connectivity index (χ0n) is 33.8. The van der Waals surface area contributed by atoms with Crippen LogP contribution in [0.15, 0.2) is 72.8 Å². The molecular weight excluding hydrogens is 779 g/mol. The van der Waals surface area contributed by atoms with Crippen LogP contribution in [0.4, 0.5) is 17.2 Å². The van der Waals surface area contributed by atoms with E-state index < -0.39 is 35.8 Å². The number of anilines is 3. The van der Waals surface area contributed by atoms with Gasteiger partial charge in [-0.15, -0.1) is 0 Å². The van der Waals surface area contributed by atoms with E-state index in [4.69, 9.17) is 4.74 Å². The van der Waals surface area contributed by atoms with E-state index in [9.17, 15) is 28.8 Å². The molecule has 6 amide bonds. The molecule has 5 fully saturated rings. The van der Waals surface area contributed by atoms with Crippen molar-refractivity contribution in [1.82, 2.24) is 30.2 Å². The molecule has 61 heavy (non-hydrogen) atoms. The molecule has 2 bridgehead atoms. The summed E-state index contributed by atoms with van der Waals surface area (Å²) in [6, 6.07) is 22.2. The number of piperidine rings is 3. The first-order valence-electron chi connectivity index (χ1n) is 21.1. The zero-order chi connectivity index (χ0) is 41.9. The fourth-order valence-corrected chi connectivity index (χ4v) is 10.2. The first kappa shape index (κ1) is 38.8. The minimum Gasteiger partial charge on any atom is -0.372 e. The average molecular weight is 826 g/mol. The first-order chi connectivity index (χ1) is 29.6. The van der Waals surface area contributed by atoms with Crippen LogP contribution in [0.1, 0.15) is 86.1 Å². The van der Waals surface area contributed by atoms with Crippen molar-refractivity contribution in [3.8, 4) is 0 Å². The highest BCUT2D eigenvalue weighted by Gasteiger charge is 2.48. The van der Waals surface area contributed by atoms with Crippen LogP contribution >= 0.6 is 0 Å². The van der Waals surface area contributed by atoms with Gasteiger partial charge in [0, 0.05) is 80.8 Å². The first-order valence-corrected chi connectivity index (χ1v) is 21.1. The Bertz CT molecular complexity index is 2420. The Balaban J connectivity index is 0.692. The normalized spacial score (nSPS) is 23.1. The number of amides is 6. The summed E-state index contributed by atoms with van der Waals surface area (Å²) in [7, 11) is 1.53. The second-order valence-electron chi connectivity index (χ2n) is 17.0. The lowest BCUT2D eigenvalue weighted by atomic mass is 9.85. The van der Waals surface area contributed by atoms with Crippen molar-refractivity contribution < 1.29 is 33.5 Å². The molecule has 16 heteroatoms. The van der Waals surface area contributed by atoms with E-state index >= 15 is 0 Å². The van der Waals surface area contributed by atoms with Gasteiger partial charge in [-0.2, -0.15) is 5.10 Å². The number of hydrogen-bond acceptors (Lipinski definition) is 11. The lowest BCUT2D eigenvalue weighted by Gasteiger charge is -2.58. The molecular formula is C45H47N9O7. The maximum Gasteiger partial charge on any atom is 0.262 e. The molecule has 3 N–H and O–H groups in total. The molecule has 7 aliphatic rings. The van der Waals surface area contributed by atoms with E-state index in [1.807, 2.05) is 60.7 Å². The molecule has 4 aromatic rings. The lowest BCUT2D eigenvalue weighted by molar-refractivity contribution is -0.143. The Kier molecular flexibility index (Phi) is 9.90. The number of carbonyl (C=O) groups excluding carboxylic acids is 6. The Morgan fingerprint density at radius 3 is 2.31 bits per heavy atom. The molecule has 3 aromatic carbocycles. The molecule has 0 saturated carbocycles. The number of rotatable bonds is 10. The largest absolute Gasteiger partial charge is 0.372 e. The Morgan fingerprint density at radius 1 is 0.869 bits per heavy atom. The van der Waals surface area contributed by atoms with Crippen molar-refractivity contribution in [2.24, 2.45) is 5.92 Å². The smallest absolute Gasteiger partial charge is 0.262 e. The van der Waals surface area contributed by atoms with Crippen molar-refractivity contribution in [1.29, 1.82) is 0 Å². The van der Waals surface area contributed by atoms with Crippen LogP contribution in [0.25, 0.3) is 0 Å². The van der Waals surface area contributed by atoms with E-state index in [1.165, 1.54) is 7.11 Å². The highest BCUT2D eigenvalue weighted by atomic mass is 16.5. The lowest BCUT2D eigenvalue weighted by Crippen LogP contribution is -2.69. The number of carbonyl (C=O) groups is 6. The van der Waals surface area contributed by atoms with Crippen molar-refractivity contribution in [3.63, 3.8) is 0 Å². The van der Waals surface area contributed by atoms with Gasteiger partial charge in [-0.3, -0.25) is 49.0 Å². The van der Waals surface area contributed by atoms with Crippen LogP contribution in [0, 0.1) is 5.92 Å². The average Bonchev–Trinajstić information content (AvgIpc) is 3.94. The second kappa shape index (κ2) is 15.6. The van der Waals surface area contributed by atoms with Crippen molar-refractivity contribution in [2.75, 3.05) is 55.0 Å². The summed E-state index contributed by atoms with van der Waals surface area (Å²) in [5.41, 5.74) is 5.52. The predicted octanol–water partition coefficient (Wildman–Crippen LogP) is 3.47. The Hall–Kier alpha value is -6.39. The van der Waals surface area contributed by atoms with E-state index in [2.05, 4.69) is 35.5 Å². The number of H-pyrrole nitrogens is 1. The number of ether oxygens (including phenoxy) is 1. The molecule has 8 heterocycles. The number of aromatic amines is 1. The van der Waals surface area contributed by atoms with Gasteiger partial charge in [0.1, 0.15) is 6.04 Å². The molecule has 5 saturated heterocycles. The maximum atomic E-state index is 13.4. The number of imide groups is 2. The Morgan fingerprint density at radius 2 is 1.59 bits per heavy atom. The number of methoxy groups -OCH3 is 1. The number of nitrogens with zero attached hydrogens (tertiary/aromatic N) is 6. The van der Waals surface area contributed by atoms with E-state index in [1.54, 1.807) is 17.0 Å².